The van der Waals surface area contributed by atoms with Gasteiger partial charge in [0, 0.05) is 6.54 Å². The average molecular weight is 276 g/mol. The Bertz CT molecular complexity index is 522. The third-order valence-electron chi connectivity index (χ3n) is 2.89. The van der Waals surface area contributed by atoms with Gasteiger partial charge in [0.25, 0.3) is 0 Å². The van der Waals surface area contributed by atoms with E-state index in [0.29, 0.717) is 19.0 Å². The molecule has 0 spiro atoms. The number of hydrogen-bond donors (Lipinski definition) is 1. The van der Waals surface area contributed by atoms with Crippen molar-refractivity contribution in [2.24, 2.45) is 0 Å². The van der Waals surface area contributed by atoms with Crippen LogP contribution >= 0.6 is 0 Å². The quantitative estimate of drug-likeness (QED) is 0.788. The lowest BCUT2D eigenvalue weighted by Crippen LogP contribution is -2.24. The molecule has 1 aromatic carbocycles. The fourth-order valence-corrected chi connectivity index (χ4v) is 1.78. The van der Waals surface area contributed by atoms with E-state index in [-0.39, 0.29) is 6.04 Å². The Hall–Kier alpha value is -2.01. The molecule has 0 aliphatic heterocycles. The number of methoxy groups -OCH3 is 1. The van der Waals surface area contributed by atoms with E-state index in [9.17, 15) is 0 Å². The summed E-state index contributed by atoms with van der Waals surface area (Å²) < 4.78 is 16.2. The van der Waals surface area contributed by atoms with Gasteiger partial charge in [0.2, 0.25) is 5.89 Å². The van der Waals surface area contributed by atoms with E-state index < -0.39 is 0 Å². The largest absolute Gasteiger partial charge is 0.497 e. The minimum Gasteiger partial charge on any atom is -0.497 e. The highest BCUT2D eigenvalue weighted by Crippen LogP contribution is 2.17. The minimum atomic E-state index is 0.0724. The molecule has 20 heavy (non-hydrogen) atoms. The Kier molecular flexibility index (Phi) is 5.01. The monoisotopic (exact) mass is 276 g/mol. The number of nitrogens with zero attached hydrogens (tertiary/aromatic N) is 1. The molecule has 0 aliphatic carbocycles. The number of benzene rings is 1. The van der Waals surface area contributed by atoms with E-state index in [2.05, 4.69) is 10.3 Å². The summed E-state index contributed by atoms with van der Waals surface area (Å²) in [6, 6.07) is 7.60. The van der Waals surface area contributed by atoms with E-state index in [1.807, 2.05) is 38.1 Å². The summed E-state index contributed by atoms with van der Waals surface area (Å²) in [4.78, 5) is 4.19. The third-order valence-corrected chi connectivity index (χ3v) is 2.89. The van der Waals surface area contributed by atoms with Crippen molar-refractivity contribution >= 4 is 0 Å². The van der Waals surface area contributed by atoms with Gasteiger partial charge in [0.05, 0.1) is 19.3 Å². The molecule has 1 atom stereocenters. The molecule has 5 heteroatoms. The Morgan fingerprint density at radius 1 is 1.25 bits per heavy atom. The summed E-state index contributed by atoms with van der Waals surface area (Å²) in [6.07, 6.45) is 1.72. The second kappa shape index (κ2) is 6.96. The molecule has 0 aliphatic rings. The molecule has 0 amide bonds. The number of ether oxygens (including phenoxy) is 2. The predicted molar refractivity (Wildman–Crippen MR) is 76.1 cm³/mol. The second-order valence-electron chi connectivity index (χ2n) is 4.51. The molecule has 1 heterocycles. The molecule has 0 radical (unpaired) electrons. The molecular formula is C15H20N2O3. The SMILES string of the molecule is COc1ccc(OCCNC(C)c2ncc(C)o2)cc1. The number of rotatable bonds is 7. The van der Waals surface area contributed by atoms with Crippen molar-refractivity contribution in [2.75, 3.05) is 20.3 Å². The van der Waals surface area contributed by atoms with Crippen LogP contribution in [0.15, 0.2) is 34.9 Å². The molecular weight excluding hydrogens is 256 g/mol. The van der Waals surface area contributed by atoms with Gasteiger partial charge in [-0.25, -0.2) is 4.98 Å². The molecule has 0 bridgehead atoms. The first kappa shape index (κ1) is 14.4. The standard InChI is InChI=1S/C15H20N2O3/c1-11-10-17-15(20-11)12(2)16-8-9-19-14-6-4-13(18-3)5-7-14/h4-7,10,12,16H,8-9H2,1-3H3. The van der Waals surface area contributed by atoms with Gasteiger partial charge in [-0.05, 0) is 38.1 Å². The molecule has 1 aromatic heterocycles. The number of aryl methyl sites for hydroxylation is 1. The van der Waals surface area contributed by atoms with Crippen LogP contribution in [0.25, 0.3) is 0 Å². The average Bonchev–Trinajstić information content (AvgIpc) is 2.91. The molecule has 0 saturated heterocycles. The number of nitrogens with one attached hydrogen (secondary N) is 1. The second-order valence-corrected chi connectivity index (χ2v) is 4.51. The van der Waals surface area contributed by atoms with Crippen LogP contribution in [0.2, 0.25) is 0 Å². The predicted octanol–water partition coefficient (Wildman–Crippen LogP) is 2.72. The molecule has 2 aromatic rings. The maximum Gasteiger partial charge on any atom is 0.211 e. The number of oxazole rings is 1. The topological polar surface area (TPSA) is 56.5 Å². The fourth-order valence-electron chi connectivity index (χ4n) is 1.78. The first-order valence-corrected chi connectivity index (χ1v) is 6.61. The zero-order valence-electron chi connectivity index (χ0n) is 12.1. The molecule has 108 valence electrons. The Morgan fingerprint density at radius 3 is 2.55 bits per heavy atom. The number of hydrogen-bond acceptors (Lipinski definition) is 5. The van der Waals surface area contributed by atoms with Crippen molar-refractivity contribution in [2.45, 2.75) is 19.9 Å². The highest BCUT2D eigenvalue weighted by atomic mass is 16.5. The van der Waals surface area contributed by atoms with Gasteiger partial charge in [-0.1, -0.05) is 0 Å². The Morgan fingerprint density at radius 2 is 1.95 bits per heavy atom. The van der Waals surface area contributed by atoms with Gasteiger partial charge < -0.3 is 19.2 Å². The molecule has 1 unspecified atom stereocenters. The summed E-state index contributed by atoms with van der Waals surface area (Å²) in [5, 5.41) is 3.30. The van der Waals surface area contributed by atoms with E-state index in [4.69, 9.17) is 13.9 Å². The third kappa shape index (κ3) is 3.99. The highest BCUT2D eigenvalue weighted by Gasteiger charge is 2.09. The zero-order chi connectivity index (χ0) is 14.4. The zero-order valence-corrected chi connectivity index (χ0v) is 12.1. The van der Waals surface area contributed by atoms with Crippen LogP contribution in [0.5, 0.6) is 11.5 Å². The minimum absolute atomic E-state index is 0.0724. The highest BCUT2D eigenvalue weighted by molar-refractivity contribution is 5.31. The van der Waals surface area contributed by atoms with Crippen LogP contribution in [0, 0.1) is 6.92 Å². The van der Waals surface area contributed by atoms with Crippen molar-refractivity contribution in [3.05, 3.63) is 42.1 Å². The van der Waals surface area contributed by atoms with Gasteiger partial charge in [-0.2, -0.15) is 0 Å². The summed E-state index contributed by atoms with van der Waals surface area (Å²) >= 11 is 0. The fraction of sp³-hybridized carbons (Fsp3) is 0.400. The molecule has 0 fully saturated rings. The lowest BCUT2D eigenvalue weighted by molar-refractivity contribution is 0.299. The van der Waals surface area contributed by atoms with Crippen LogP contribution < -0.4 is 14.8 Å². The summed E-state index contributed by atoms with van der Waals surface area (Å²) in [5.41, 5.74) is 0. The summed E-state index contributed by atoms with van der Waals surface area (Å²) in [7, 11) is 1.64. The van der Waals surface area contributed by atoms with Gasteiger partial charge in [-0.3, -0.25) is 0 Å². The van der Waals surface area contributed by atoms with Gasteiger partial charge in [0.1, 0.15) is 23.9 Å². The van der Waals surface area contributed by atoms with E-state index in [1.165, 1.54) is 0 Å². The van der Waals surface area contributed by atoms with Crippen LogP contribution in [0.1, 0.15) is 24.6 Å². The van der Waals surface area contributed by atoms with Gasteiger partial charge in [0.15, 0.2) is 0 Å². The van der Waals surface area contributed by atoms with Crippen molar-refractivity contribution in [1.82, 2.24) is 10.3 Å². The number of aromatic nitrogens is 1. The van der Waals surface area contributed by atoms with E-state index >= 15 is 0 Å². The van der Waals surface area contributed by atoms with Crippen molar-refractivity contribution < 1.29 is 13.9 Å². The summed E-state index contributed by atoms with van der Waals surface area (Å²) in [6.45, 7) is 5.19. The smallest absolute Gasteiger partial charge is 0.211 e. The van der Waals surface area contributed by atoms with Crippen LogP contribution in [-0.2, 0) is 0 Å². The van der Waals surface area contributed by atoms with E-state index in [0.717, 1.165) is 17.3 Å². The molecule has 1 N–H and O–H groups in total. The van der Waals surface area contributed by atoms with Crippen molar-refractivity contribution in [1.29, 1.82) is 0 Å². The van der Waals surface area contributed by atoms with Crippen molar-refractivity contribution in [3.63, 3.8) is 0 Å². The normalized spacial score (nSPS) is 12.2. The molecule has 2 rings (SSSR count). The lowest BCUT2D eigenvalue weighted by atomic mass is 10.3. The first-order valence-electron chi connectivity index (χ1n) is 6.61. The van der Waals surface area contributed by atoms with Crippen LogP contribution in [0.3, 0.4) is 0 Å². The van der Waals surface area contributed by atoms with Crippen molar-refractivity contribution in [3.8, 4) is 11.5 Å². The van der Waals surface area contributed by atoms with Gasteiger partial charge >= 0.3 is 0 Å². The lowest BCUT2D eigenvalue weighted by Gasteiger charge is -2.11. The van der Waals surface area contributed by atoms with Crippen LogP contribution in [-0.4, -0.2) is 25.2 Å². The Balaban J connectivity index is 1.70. The maximum atomic E-state index is 5.63. The van der Waals surface area contributed by atoms with E-state index in [1.54, 1.807) is 13.3 Å². The maximum absolute atomic E-state index is 5.63. The van der Waals surface area contributed by atoms with Gasteiger partial charge in [-0.15, -0.1) is 0 Å². The first-order chi connectivity index (χ1) is 9.69. The molecule has 0 saturated carbocycles. The Labute approximate surface area is 118 Å². The summed E-state index contributed by atoms with van der Waals surface area (Å²) in [5.74, 6) is 3.17. The van der Waals surface area contributed by atoms with Crippen LogP contribution in [0.4, 0.5) is 0 Å². The molecule has 5 nitrogen and oxygen atoms in total.